The number of benzene rings is 2. The summed E-state index contributed by atoms with van der Waals surface area (Å²) in [6.07, 6.45) is 0. The second-order valence-electron chi connectivity index (χ2n) is 4.42. The van der Waals surface area contributed by atoms with Crippen LogP contribution in [0.5, 0.6) is 17.2 Å². The van der Waals surface area contributed by atoms with E-state index in [0.29, 0.717) is 29.5 Å². The number of ether oxygens (including phenoxy) is 3. The molecule has 0 atom stereocenters. The Morgan fingerprint density at radius 3 is 2.27 bits per heavy atom. The van der Waals surface area contributed by atoms with Gasteiger partial charge < -0.3 is 19.5 Å². The number of anilines is 1. The highest BCUT2D eigenvalue weighted by Crippen LogP contribution is 2.26. The smallest absolute Gasteiger partial charge is 0.262 e. The third-order valence-corrected chi connectivity index (χ3v) is 2.89. The summed E-state index contributed by atoms with van der Waals surface area (Å²) in [5, 5.41) is 2.77. The molecule has 0 aromatic heterocycles. The first-order valence-corrected chi connectivity index (χ1v) is 7.02. The highest BCUT2D eigenvalue weighted by atomic mass is 16.5. The Bertz CT molecular complexity index is 628. The van der Waals surface area contributed by atoms with Crippen molar-refractivity contribution < 1.29 is 19.0 Å². The summed E-state index contributed by atoms with van der Waals surface area (Å²) in [5.74, 6) is 1.48. The second kappa shape index (κ2) is 7.93. The number of hydrogen-bond acceptors (Lipinski definition) is 4. The van der Waals surface area contributed by atoms with E-state index in [1.807, 2.05) is 31.2 Å². The molecule has 0 saturated heterocycles. The molecule has 0 aliphatic heterocycles. The molecule has 0 unspecified atom stereocenters. The minimum absolute atomic E-state index is 0.110. The van der Waals surface area contributed by atoms with Gasteiger partial charge in [0.05, 0.1) is 19.4 Å². The molecular formula is C17H19NO4. The van der Waals surface area contributed by atoms with Crippen LogP contribution in [0.25, 0.3) is 0 Å². The van der Waals surface area contributed by atoms with E-state index in [-0.39, 0.29) is 12.5 Å². The second-order valence-corrected chi connectivity index (χ2v) is 4.42. The van der Waals surface area contributed by atoms with Crippen LogP contribution < -0.4 is 19.5 Å². The summed E-state index contributed by atoms with van der Waals surface area (Å²) in [6.45, 7) is 2.31. The lowest BCUT2D eigenvalue weighted by atomic mass is 10.3. The number of carbonyl (C=O) groups is 1. The summed E-state index contributed by atoms with van der Waals surface area (Å²) in [5.41, 5.74) is 0.623. The number of para-hydroxylation sites is 4. The Morgan fingerprint density at radius 2 is 1.59 bits per heavy atom. The van der Waals surface area contributed by atoms with Crippen molar-refractivity contribution in [3.05, 3.63) is 48.5 Å². The molecule has 0 aliphatic carbocycles. The fourth-order valence-corrected chi connectivity index (χ4v) is 1.92. The van der Waals surface area contributed by atoms with Crippen LogP contribution in [0.3, 0.4) is 0 Å². The highest BCUT2D eigenvalue weighted by Gasteiger charge is 2.09. The van der Waals surface area contributed by atoms with E-state index in [0.717, 1.165) is 0 Å². The molecule has 0 heterocycles. The first-order valence-electron chi connectivity index (χ1n) is 7.02. The Morgan fingerprint density at radius 1 is 0.955 bits per heavy atom. The van der Waals surface area contributed by atoms with Gasteiger partial charge in [-0.2, -0.15) is 0 Å². The average Bonchev–Trinajstić information content (AvgIpc) is 2.55. The van der Waals surface area contributed by atoms with Crippen molar-refractivity contribution in [1.82, 2.24) is 0 Å². The van der Waals surface area contributed by atoms with Gasteiger partial charge >= 0.3 is 0 Å². The van der Waals surface area contributed by atoms with Crippen molar-refractivity contribution in [3.8, 4) is 17.2 Å². The van der Waals surface area contributed by atoms with Crippen LogP contribution in [0.1, 0.15) is 6.92 Å². The molecule has 0 saturated carbocycles. The third kappa shape index (κ3) is 4.15. The van der Waals surface area contributed by atoms with Crippen LogP contribution in [0, 0.1) is 0 Å². The van der Waals surface area contributed by atoms with Gasteiger partial charge in [-0.25, -0.2) is 0 Å². The molecule has 1 N–H and O–H groups in total. The predicted molar refractivity (Wildman–Crippen MR) is 84.7 cm³/mol. The number of rotatable bonds is 7. The van der Waals surface area contributed by atoms with Gasteiger partial charge in [-0.3, -0.25) is 4.79 Å². The van der Waals surface area contributed by atoms with Crippen LogP contribution >= 0.6 is 0 Å². The molecule has 0 spiro atoms. The molecule has 1 amide bonds. The van der Waals surface area contributed by atoms with Crippen LogP contribution in [-0.4, -0.2) is 26.2 Å². The Labute approximate surface area is 129 Å². The summed E-state index contributed by atoms with van der Waals surface area (Å²) >= 11 is 0. The largest absolute Gasteiger partial charge is 0.493 e. The molecule has 116 valence electrons. The Hall–Kier alpha value is -2.69. The van der Waals surface area contributed by atoms with Gasteiger partial charge in [0.1, 0.15) is 5.75 Å². The van der Waals surface area contributed by atoms with Crippen molar-refractivity contribution in [3.63, 3.8) is 0 Å². The van der Waals surface area contributed by atoms with Gasteiger partial charge in [0.2, 0.25) is 0 Å². The number of carbonyl (C=O) groups excluding carboxylic acids is 1. The van der Waals surface area contributed by atoms with E-state index < -0.39 is 0 Å². The molecule has 2 rings (SSSR count). The third-order valence-electron chi connectivity index (χ3n) is 2.89. The molecule has 5 nitrogen and oxygen atoms in total. The first kappa shape index (κ1) is 15.7. The zero-order valence-electron chi connectivity index (χ0n) is 12.7. The van der Waals surface area contributed by atoms with Gasteiger partial charge in [-0.05, 0) is 31.2 Å². The highest BCUT2D eigenvalue weighted by molar-refractivity contribution is 5.93. The Kier molecular flexibility index (Phi) is 5.65. The van der Waals surface area contributed by atoms with Crippen LogP contribution in [0.2, 0.25) is 0 Å². The average molecular weight is 301 g/mol. The Balaban J connectivity index is 1.96. The maximum Gasteiger partial charge on any atom is 0.262 e. The molecule has 2 aromatic carbocycles. The number of nitrogens with one attached hydrogen (secondary N) is 1. The molecule has 2 aromatic rings. The standard InChI is InChI=1S/C17H19NO4/c1-3-21-14-9-5-4-8-13(14)18-17(19)12-22-16-11-7-6-10-15(16)20-2/h4-11H,3,12H2,1-2H3,(H,18,19). The quantitative estimate of drug-likeness (QED) is 0.853. The minimum Gasteiger partial charge on any atom is -0.493 e. The molecule has 0 radical (unpaired) electrons. The molecule has 22 heavy (non-hydrogen) atoms. The van der Waals surface area contributed by atoms with Gasteiger partial charge in [0.15, 0.2) is 18.1 Å². The van der Waals surface area contributed by atoms with Gasteiger partial charge in [-0.15, -0.1) is 0 Å². The van der Waals surface area contributed by atoms with Crippen molar-refractivity contribution in [2.45, 2.75) is 6.92 Å². The van der Waals surface area contributed by atoms with E-state index in [9.17, 15) is 4.79 Å². The minimum atomic E-state index is -0.266. The van der Waals surface area contributed by atoms with Crippen LogP contribution in [0.15, 0.2) is 48.5 Å². The van der Waals surface area contributed by atoms with Crippen molar-refractivity contribution >= 4 is 11.6 Å². The van der Waals surface area contributed by atoms with Crippen LogP contribution in [0.4, 0.5) is 5.69 Å². The van der Waals surface area contributed by atoms with E-state index in [1.54, 1.807) is 31.4 Å². The van der Waals surface area contributed by atoms with E-state index in [4.69, 9.17) is 14.2 Å². The fourth-order valence-electron chi connectivity index (χ4n) is 1.92. The fraction of sp³-hybridized carbons (Fsp3) is 0.235. The number of methoxy groups -OCH3 is 1. The lowest BCUT2D eigenvalue weighted by Crippen LogP contribution is -2.20. The van der Waals surface area contributed by atoms with Crippen molar-refractivity contribution in [2.75, 3.05) is 25.6 Å². The summed E-state index contributed by atoms with van der Waals surface area (Å²) in [6, 6.07) is 14.5. The predicted octanol–water partition coefficient (Wildman–Crippen LogP) is 3.11. The zero-order chi connectivity index (χ0) is 15.8. The van der Waals surface area contributed by atoms with E-state index in [2.05, 4.69) is 5.32 Å². The lowest BCUT2D eigenvalue weighted by Gasteiger charge is -2.12. The maximum atomic E-state index is 12.0. The van der Waals surface area contributed by atoms with Crippen molar-refractivity contribution in [1.29, 1.82) is 0 Å². The normalized spacial score (nSPS) is 9.91. The summed E-state index contributed by atoms with van der Waals surface area (Å²) in [4.78, 5) is 12.0. The van der Waals surface area contributed by atoms with Gasteiger partial charge in [0.25, 0.3) is 5.91 Å². The van der Waals surface area contributed by atoms with E-state index >= 15 is 0 Å². The van der Waals surface area contributed by atoms with Gasteiger partial charge in [0, 0.05) is 0 Å². The number of hydrogen-bond donors (Lipinski definition) is 1. The molecule has 0 fully saturated rings. The molecular weight excluding hydrogens is 282 g/mol. The first-order chi connectivity index (χ1) is 10.7. The SMILES string of the molecule is CCOc1ccccc1NC(=O)COc1ccccc1OC. The van der Waals surface area contributed by atoms with Gasteiger partial charge in [-0.1, -0.05) is 24.3 Å². The summed E-state index contributed by atoms with van der Waals surface area (Å²) < 4.78 is 16.1. The van der Waals surface area contributed by atoms with E-state index in [1.165, 1.54) is 0 Å². The maximum absolute atomic E-state index is 12.0. The monoisotopic (exact) mass is 301 g/mol. The summed E-state index contributed by atoms with van der Waals surface area (Å²) in [7, 11) is 1.56. The molecule has 0 bridgehead atoms. The topological polar surface area (TPSA) is 56.8 Å². The number of amides is 1. The van der Waals surface area contributed by atoms with Crippen LogP contribution in [-0.2, 0) is 4.79 Å². The zero-order valence-corrected chi connectivity index (χ0v) is 12.7. The molecule has 5 heteroatoms. The lowest BCUT2D eigenvalue weighted by molar-refractivity contribution is -0.118. The van der Waals surface area contributed by atoms with Crippen molar-refractivity contribution in [2.24, 2.45) is 0 Å². The molecule has 0 aliphatic rings.